The molecule has 0 atom stereocenters. The molecule has 174 valence electrons. The summed E-state index contributed by atoms with van der Waals surface area (Å²) in [5.41, 5.74) is 5.21. The molecule has 0 radical (unpaired) electrons. The summed E-state index contributed by atoms with van der Waals surface area (Å²) in [6.07, 6.45) is 0. The van der Waals surface area contributed by atoms with Gasteiger partial charge in [-0.25, -0.2) is 9.78 Å². The van der Waals surface area contributed by atoms with Crippen molar-refractivity contribution in [3.63, 3.8) is 0 Å². The van der Waals surface area contributed by atoms with E-state index in [1.165, 1.54) is 28.7 Å². The number of thioether (sulfide) groups is 1. The predicted molar refractivity (Wildman–Crippen MR) is 141 cm³/mol. The zero-order chi connectivity index (χ0) is 24.1. The second kappa shape index (κ2) is 10.6. The monoisotopic (exact) mass is 492 g/mol. The number of methoxy groups -OCH3 is 1. The van der Waals surface area contributed by atoms with E-state index in [9.17, 15) is 9.59 Å². The molecule has 4 aromatic rings. The van der Waals surface area contributed by atoms with Crippen LogP contribution >= 0.6 is 23.1 Å². The van der Waals surface area contributed by atoms with Gasteiger partial charge in [0.15, 0.2) is 4.34 Å². The molecular weight excluding hydrogens is 468 g/mol. The molecule has 3 aromatic carbocycles. The van der Waals surface area contributed by atoms with Gasteiger partial charge in [-0.1, -0.05) is 23.9 Å². The number of aromatic nitrogens is 1. The van der Waals surface area contributed by atoms with Gasteiger partial charge < -0.3 is 20.7 Å². The molecular formula is C25H24N4O3S2. The summed E-state index contributed by atoms with van der Waals surface area (Å²) in [6, 6.07) is 18.3. The molecule has 1 aromatic heterocycles. The number of anilines is 3. The number of amides is 3. The number of benzene rings is 3. The summed E-state index contributed by atoms with van der Waals surface area (Å²) in [5, 5.41) is 8.57. The van der Waals surface area contributed by atoms with Crippen molar-refractivity contribution in [1.29, 1.82) is 0 Å². The van der Waals surface area contributed by atoms with Crippen molar-refractivity contribution in [2.24, 2.45) is 0 Å². The average Bonchev–Trinajstić information content (AvgIpc) is 3.22. The van der Waals surface area contributed by atoms with E-state index < -0.39 is 0 Å². The van der Waals surface area contributed by atoms with Gasteiger partial charge in [0.05, 0.1) is 23.1 Å². The van der Waals surface area contributed by atoms with Crippen LogP contribution in [0.5, 0.6) is 5.75 Å². The second-order valence-electron chi connectivity index (χ2n) is 7.61. The number of urea groups is 1. The van der Waals surface area contributed by atoms with Gasteiger partial charge in [-0.05, 0) is 67.4 Å². The van der Waals surface area contributed by atoms with Crippen LogP contribution in [0.1, 0.15) is 11.1 Å². The molecule has 0 fully saturated rings. The van der Waals surface area contributed by atoms with Crippen LogP contribution in [0.4, 0.5) is 21.9 Å². The number of nitrogens with one attached hydrogen (secondary N) is 3. The summed E-state index contributed by atoms with van der Waals surface area (Å²) in [5.74, 6) is 0.798. The van der Waals surface area contributed by atoms with Gasteiger partial charge in [0.25, 0.3) is 0 Å². The van der Waals surface area contributed by atoms with Crippen molar-refractivity contribution in [3.8, 4) is 5.75 Å². The molecule has 0 unspecified atom stereocenters. The fourth-order valence-corrected chi connectivity index (χ4v) is 5.09. The van der Waals surface area contributed by atoms with Crippen LogP contribution < -0.4 is 20.7 Å². The summed E-state index contributed by atoms with van der Waals surface area (Å²) >= 11 is 2.85. The van der Waals surface area contributed by atoms with Gasteiger partial charge in [0.1, 0.15) is 5.75 Å². The van der Waals surface area contributed by atoms with E-state index in [2.05, 4.69) is 20.9 Å². The molecule has 0 bridgehead atoms. The highest BCUT2D eigenvalue weighted by molar-refractivity contribution is 8.01. The van der Waals surface area contributed by atoms with E-state index in [1.54, 1.807) is 13.2 Å². The largest absolute Gasteiger partial charge is 0.497 e. The maximum absolute atomic E-state index is 12.4. The van der Waals surface area contributed by atoms with E-state index in [4.69, 9.17) is 4.74 Å². The Kier molecular flexibility index (Phi) is 7.34. The molecule has 3 amide bonds. The first-order valence-electron chi connectivity index (χ1n) is 10.5. The molecule has 9 heteroatoms. The lowest BCUT2D eigenvalue weighted by Crippen LogP contribution is -2.19. The van der Waals surface area contributed by atoms with Crippen LogP contribution in [0.15, 0.2) is 65.0 Å². The van der Waals surface area contributed by atoms with E-state index in [-0.39, 0.29) is 17.7 Å². The highest BCUT2D eigenvalue weighted by Crippen LogP contribution is 2.31. The number of rotatable bonds is 7. The highest BCUT2D eigenvalue weighted by Gasteiger charge is 2.10. The number of aryl methyl sites for hydroxylation is 2. The molecule has 34 heavy (non-hydrogen) atoms. The highest BCUT2D eigenvalue weighted by atomic mass is 32.2. The summed E-state index contributed by atoms with van der Waals surface area (Å²) in [4.78, 5) is 29.3. The fourth-order valence-electron chi connectivity index (χ4n) is 3.18. The van der Waals surface area contributed by atoms with Crippen LogP contribution in [-0.4, -0.2) is 29.8 Å². The molecule has 0 aliphatic heterocycles. The Hall–Kier alpha value is -3.56. The minimum absolute atomic E-state index is 0.122. The summed E-state index contributed by atoms with van der Waals surface area (Å²) in [7, 11) is 1.59. The number of carbonyl (C=O) groups excluding carboxylic acids is 2. The van der Waals surface area contributed by atoms with Crippen LogP contribution in [0, 0.1) is 13.8 Å². The molecule has 0 saturated carbocycles. The minimum atomic E-state index is -0.309. The molecule has 0 saturated heterocycles. The molecule has 0 aliphatic carbocycles. The summed E-state index contributed by atoms with van der Waals surface area (Å²) < 4.78 is 6.89. The zero-order valence-electron chi connectivity index (χ0n) is 19.0. The molecule has 0 aliphatic rings. The summed E-state index contributed by atoms with van der Waals surface area (Å²) in [6.45, 7) is 4.04. The van der Waals surface area contributed by atoms with Crippen molar-refractivity contribution in [2.45, 2.75) is 18.2 Å². The predicted octanol–water partition coefficient (Wildman–Crippen LogP) is 6.30. The van der Waals surface area contributed by atoms with Crippen LogP contribution in [0.3, 0.4) is 0 Å². The van der Waals surface area contributed by atoms with Gasteiger partial charge in [-0.2, -0.15) is 0 Å². The maximum Gasteiger partial charge on any atom is 0.323 e. The first-order chi connectivity index (χ1) is 16.4. The zero-order valence-corrected chi connectivity index (χ0v) is 20.6. The van der Waals surface area contributed by atoms with Crippen molar-refractivity contribution in [2.75, 3.05) is 28.8 Å². The lowest BCUT2D eigenvalue weighted by Gasteiger charge is -2.09. The number of thiazole rings is 1. The minimum Gasteiger partial charge on any atom is -0.497 e. The standard InChI is InChI=1S/C25H24N4O3S2/c1-15-7-8-18(11-16(15)2)27-24(31)28-19-9-10-21-22(13-19)34-25(29-21)33-14-23(30)26-17-5-4-6-20(12-17)32-3/h4-13H,14H2,1-3H3,(H,26,30)(H2,27,28,31). The smallest absolute Gasteiger partial charge is 0.323 e. The number of fused-ring (bicyclic) bond motifs is 1. The van der Waals surface area contributed by atoms with Crippen molar-refractivity contribution < 1.29 is 14.3 Å². The lowest BCUT2D eigenvalue weighted by molar-refractivity contribution is -0.113. The van der Waals surface area contributed by atoms with Gasteiger partial charge in [0, 0.05) is 23.1 Å². The molecule has 3 N–H and O–H groups in total. The maximum atomic E-state index is 12.4. The van der Waals surface area contributed by atoms with E-state index in [0.717, 1.165) is 25.8 Å². The molecule has 7 nitrogen and oxygen atoms in total. The molecule has 0 spiro atoms. The first-order valence-corrected chi connectivity index (χ1v) is 12.3. The van der Waals surface area contributed by atoms with E-state index in [0.29, 0.717) is 17.1 Å². The second-order valence-corrected chi connectivity index (χ2v) is 9.86. The molecule has 1 heterocycles. The Morgan fingerprint density at radius 2 is 1.65 bits per heavy atom. The topological polar surface area (TPSA) is 92.3 Å². The van der Waals surface area contributed by atoms with Crippen molar-refractivity contribution in [3.05, 3.63) is 71.8 Å². The third-order valence-corrected chi connectivity index (χ3v) is 7.23. The third-order valence-electron chi connectivity index (χ3n) is 5.07. The van der Waals surface area contributed by atoms with Gasteiger partial charge in [-0.15, -0.1) is 11.3 Å². The number of hydrogen-bond donors (Lipinski definition) is 3. The van der Waals surface area contributed by atoms with Crippen molar-refractivity contribution >= 4 is 62.3 Å². The average molecular weight is 493 g/mol. The number of hydrogen-bond acceptors (Lipinski definition) is 6. The number of carbonyl (C=O) groups is 2. The van der Waals surface area contributed by atoms with Crippen LogP contribution in [-0.2, 0) is 4.79 Å². The Balaban J connectivity index is 1.34. The first kappa shape index (κ1) is 23.6. The van der Waals surface area contributed by atoms with Crippen LogP contribution in [0.25, 0.3) is 10.2 Å². The Bertz CT molecular complexity index is 1350. The quantitative estimate of drug-likeness (QED) is 0.263. The fraction of sp³-hybridized carbons (Fsp3) is 0.160. The van der Waals surface area contributed by atoms with Crippen LogP contribution in [0.2, 0.25) is 0 Å². The Labute approximate surface area is 205 Å². The lowest BCUT2D eigenvalue weighted by atomic mass is 10.1. The third kappa shape index (κ3) is 6.06. The number of nitrogens with zero attached hydrogens (tertiary/aromatic N) is 1. The Morgan fingerprint density at radius 3 is 2.41 bits per heavy atom. The van der Waals surface area contributed by atoms with Gasteiger partial charge in [0.2, 0.25) is 5.91 Å². The van der Waals surface area contributed by atoms with E-state index >= 15 is 0 Å². The Morgan fingerprint density at radius 1 is 0.912 bits per heavy atom. The SMILES string of the molecule is COc1cccc(NC(=O)CSc2nc3ccc(NC(=O)Nc4ccc(C)c(C)c4)cc3s2)c1. The number of ether oxygens (including phenoxy) is 1. The van der Waals surface area contributed by atoms with Crippen molar-refractivity contribution in [1.82, 2.24) is 4.98 Å². The molecule has 4 rings (SSSR count). The normalized spacial score (nSPS) is 10.7. The van der Waals surface area contributed by atoms with E-state index in [1.807, 2.05) is 68.4 Å². The van der Waals surface area contributed by atoms with Gasteiger partial charge in [-0.3, -0.25) is 4.79 Å². The van der Waals surface area contributed by atoms with Gasteiger partial charge >= 0.3 is 6.03 Å².